The van der Waals surface area contributed by atoms with Crippen molar-refractivity contribution >= 4 is 5.91 Å². The third-order valence-corrected chi connectivity index (χ3v) is 4.43. The number of hydrogen-bond acceptors (Lipinski definition) is 2. The van der Waals surface area contributed by atoms with Crippen LogP contribution in [0.15, 0.2) is 24.3 Å². The van der Waals surface area contributed by atoms with E-state index in [1.54, 1.807) is 11.9 Å². The second-order valence-electron chi connectivity index (χ2n) is 5.78. The second kappa shape index (κ2) is 6.09. The summed E-state index contributed by atoms with van der Waals surface area (Å²) < 4.78 is 0. The van der Waals surface area contributed by atoms with Crippen molar-refractivity contribution < 1.29 is 4.79 Å². The first-order chi connectivity index (χ1) is 9.62. The summed E-state index contributed by atoms with van der Waals surface area (Å²) in [6.45, 7) is 2.23. The summed E-state index contributed by atoms with van der Waals surface area (Å²) >= 11 is 0. The van der Waals surface area contributed by atoms with Gasteiger partial charge < -0.3 is 4.90 Å². The lowest BCUT2D eigenvalue weighted by Gasteiger charge is -2.39. The van der Waals surface area contributed by atoms with Gasteiger partial charge in [-0.2, -0.15) is 5.26 Å². The number of aryl methyl sites for hydroxylation is 1. The molecule has 0 N–H and O–H groups in total. The molecule has 106 valence electrons. The van der Waals surface area contributed by atoms with E-state index >= 15 is 0 Å². The largest absolute Gasteiger partial charge is 0.332 e. The zero-order valence-electron chi connectivity index (χ0n) is 12.4. The summed E-state index contributed by atoms with van der Waals surface area (Å²) in [6.07, 6.45) is 5.16. The van der Waals surface area contributed by atoms with Crippen molar-refractivity contribution in [3.63, 3.8) is 0 Å². The molecule has 0 spiro atoms. The fourth-order valence-electron chi connectivity index (χ4n) is 3.41. The van der Waals surface area contributed by atoms with Gasteiger partial charge in [0, 0.05) is 7.05 Å². The van der Waals surface area contributed by atoms with Crippen LogP contribution in [0, 0.1) is 18.3 Å². The van der Waals surface area contributed by atoms with Crippen LogP contribution < -0.4 is 0 Å². The highest BCUT2D eigenvalue weighted by Crippen LogP contribution is 2.42. The molecule has 1 aliphatic rings. The molecule has 3 heteroatoms. The van der Waals surface area contributed by atoms with E-state index in [9.17, 15) is 4.79 Å². The topological polar surface area (TPSA) is 44.1 Å². The fourth-order valence-corrected chi connectivity index (χ4v) is 3.41. The maximum Gasteiger partial charge on any atom is 0.233 e. The van der Waals surface area contributed by atoms with Crippen molar-refractivity contribution in [1.82, 2.24) is 4.90 Å². The van der Waals surface area contributed by atoms with Crippen molar-refractivity contribution in [1.29, 1.82) is 5.26 Å². The van der Waals surface area contributed by atoms with Crippen LogP contribution >= 0.6 is 0 Å². The third kappa shape index (κ3) is 2.56. The van der Waals surface area contributed by atoms with Crippen LogP contribution in [-0.2, 0) is 10.2 Å². The molecule has 0 atom stereocenters. The normalized spacial score (nSPS) is 17.2. The van der Waals surface area contributed by atoms with Gasteiger partial charge in [-0.3, -0.25) is 4.79 Å². The minimum Gasteiger partial charge on any atom is -0.332 e. The number of hydrogen-bond donors (Lipinski definition) is 0. The molecule has 1 saturated carbocycles. The lowest BCUT2D eigenvalue weighted by atomic mass is 9.67. The monoisotopic (exact) mass is 270 g/mol. The molecule has 0 bridgehead atoms. The van der Waals surface area contributed by atoms with Crippen molar-refractivity contribution in [3.8, 4) is 6.07 Å². The predicted molar refractivity (Wildman–Crippen MR) is 79.2 cm³/mol. The maximum atomic E-state index is 12.9. The summed E-state index contributed by atoms with van der Waals surface area (Å²) in [4.78, 5) is 14.5. The molecular weight excluding hydrogens is 248 g/mol. The van der Waals surface area contributed by atoms with Gasteiger partial charge >= 0.3 is 0 Å². The minimum atomic E-state index is -0.421. The van der Waals surface area contributed by atoms with Crippen LogP contribution in [0.2, 0.25) is 0 Å². The van der Waals surface area contributed by atoms with Gasteiger partial charge in [0.1, 0.15) is 6.54 Å². The second-order valence-corrected chi connectivity index (χ2v) is 5.78. The average Bonchev–Trinajstić information content (AvgIpc) is 2.48. The highest BCUT2D eigenvalue weighted by molar-refractivity contribution is 5.88. The number of benzene rings is 1. The Balaban J connectivity index is 2.44. The predicted octanol–water partition coefficient (Wildman–Crippen LogP) is 3.18. The lowest BCUT2D eigenvalue weighted by Crippen LogP contribution is -2.47. The van der Waals surface area contributed by atoms with Gasteiger partial charge in [-0.25, -0.2) is 0 Å². The van der Waals surface area contributed by atoms with E-state index < -0.39 is 5.41 Å². The lowest BCUT2D eigenvalue weighted by molar-refractivity contribution is -0.137. The van der Waals surface area contributed by atoms with Crippen LogP contribution in [0.25, 0.3) is 0 Å². The number of carbonyl (C=O) groups is 1. The van der Waals surface area contributed by atoms with E-state index in [2.05, 4.69) is 25.1 Å². The molecule has 2 rings (SSSR count). The Morgan fingerprint density at radius 1 is 1.30 bits per heavy atom. The van der Waals surface area contributed by atoms with Crippen molar-refractivity contribution in [2.24, 2.45) is 0 Å². The zero-order valence-corrected chi connectivity index (χ0v) is 12.4. The molecule has 1 aromatic carbocycles. The number of nitrogens with zero attached hydrogens (tertiary/aromatic N) is 2. The summed E-state index contributed by atoms with van der Waals surface area (Å²) in [7, 11) is 1.74. The summed E-state index contributed by atoms with van der Waals surface area (Å²) in [5.74, 6) is 0.105. The molecule has 1 aliphatic carbocycles. The first-order valence-electron chi connectivity index (χ1n) is 7.30. The smallest absolute Gasteiger partial charge is 0.233 e. The summed E-state index contributed by atoms with van der Waals surface area (Å²) in [5.41, 5.74) is 1.90. The molecule has 0 unspecified atom stereocenters. The van der Waals surface area contributed by atoms with Gasteiger partial charge in [-0.05, 0) is 30.9 Å². The van der Waals surface area contributed by atoms with Gasteiger partial charge in [0.05, 0.1) is 11.5 Å². The Morgan fingerprint density at radius 3 is 2.55 bits per heavy atom. The maximum absolute atomic E-state index is 12.9. The first kappa shape index (κ1) is 14.6. The Hall–Kier alpha value is -1.82. The Bertz CT molecular complexity index is 524. The molecule has 1 fully saturated rings. The number of carbonyl (C=O) groups excluding carboxylic acids is 1. The molecule has 20 heavy (non-hydrogen) atoms. The van der Waals surface area contributed by atoms with Crippen LogP contribution in [0.5, 0.6) is 0 Å². The van der Waals surface area contributed by atoms with E-state index in [4.69, 9.17) is 5.26 Å². The van der Waals surface area contributed by atoms with Gasteiger partial charge in [-0.15, -0.1) is 0 Å². The fraction of sp³-hybridized carbons (Fsp3) is 0.529. The molecule has 0 aromatic heterocycles. The number of nitriles is 1. The van der Waals surface area contributed by atoms with Crippen LogP contribution in [-0.4, -0.2) is 24.4 Å². The number of amides is 1. The van der Waals surface area contributed by atoms with E-state index in [0.717, 1.165) is 31.2 Å². The van der Waals surface area contributed by atoms with Gasteiger partial charge in [0.2, 0.25) is 5.91 Å². The summed E-state index contributed by atoms with van der Waals surface area (Å²) in [6, 6.07) is 10.3. The van der Waals surface area contributed by atoms with E-state index in [1.807, 2.05) is 12.1 Å². The Kier molecular flexibility index (Phi) is 4.44. The molecule has 0 radical (unpaired) electrons. The number of likely N-dealkylation sites (N-methyl/N-ethyl adjacent to an activating group) is 1. The number of rotatable bonds is 3. The van der Waals surface area contributed by atoms with Gasteiger partial charge in [-0.1, -0.05) is 43.5 Å². The minimum absolute atomic E-state index is 0.105. The average molecular weight is 270 g/mol. The Morgan fingerprint density at radius 2 is 1.95 bits per heavy atom. The first-order valence-corrected chi connectivity index (χ1v) is 7.30. The van der Waals surface area contributed by atoms with Crippen molar-refractivity contribution in [2.45, 2.75) is 44.4 Å². The molecule has 0 heterocycles. The highest BCUT2D eigenvalue weighted by atomic mass is 16.2. The van der Waals surface area contributed by atoms with Crippen molar-refractivity contribution in [3.05, 3.63) is 35.4 Å². The molecule has 0 aliphatic heterocycles. The van der Waals surface area contributed by atoms with E-state index in [-0.39, 0.29) is 12.5 Å². The quantitative estimate of drug-likeness (QED) is 0.792. The van der Waals surface area contributed by atoms with Gasteiger partial charge in [0.25, 0.3) is 0 Å². The van der Waals surface area contributed by atoms with E-state index in [0.29, 0.717) is 0 Å². The molecule has 3 nitrogen and oxygen atoms in total. The third-order valence-electron chi connectivity index (χ3n) is 4.43. The molecule has 1 amide bonds. The van der Waals surface area contributed by atoms with E-state index in [1.165, 1.54) is 12.0 Å². The standard InChI is InChI=1S/C17H22N2O/c1-14-8-4-5-9-15(14)17(10-6-3-7-11-17)16(20)19(2)13-12-18/h4-5,8-9H,3,6-7,10-11,13H2,1-2H3. The van der Waals surface area contributed by atoms with Gasteiger partial charge in [0.15, 0.2) is 0 Å². The Labute approximate surface area is 121 Å². The molecule has 1 aromatic rings. The summed E-state index contributed by atoms with van der Waals surface area (Å²) in [5, 5.41) is 8.85. The van der Waals surface area contributed by atoms with Crippen LogP contribution in [0.3, 0.4) is 0 Å². The molecular formula is C17H22N2O. The van der Waals surface area contributed by atoms with Crippen molar-refractivity contribution in [2.75, 3.05) is 13.6 Å². The SMILES string of the molecule is Cc1ccccc1C1(C(=O)N(C)CC#N)CCCCC1. The van der Waals surface area contributed by atoms with Crippen LogP contribution in [0.1, 0.15) is 43.2 Å². The zero-order chi connectivity index (χ0) is 14.6. The molecule has 0 saturated heterocycles. The van der Waals surface area contributed by atoms with Crippen LogP contribution in [0.4, 0.5) is 0 Å². The highest BCUT2D eigenvalue weighted by Gasteiger charge is 2.43.